The van der Waals surface area contributed by atoms with Crippen molar-refractivity contribution in [2.75, 3.05) is 6.61 Å². The Kier molecular flexibility index (Phi) is 5.83. The molecule has 0 aliphatic carbocycles. The molecule has 0 aliphatic rings. The fourth-order valence-corrected chi connectivity index (χ4v) is 2.44. The van der Waals surface area contributed by atoms with Gasteiger partial charge in [-0.3, -0.25) is 9.78 Å². The second-order valence-electron chi connectivity index (χ2n) is 5.55. The fourth-order valence-electron chi connectivity index (χ4n) is 2.44. The molecule has 1 amide bonds. The van der Waals surface area contributed by atoms with Gasteiger partial charge in [0.2, 0.25) is 0 Å². The first kappa shape index (κ1) is 17.5. The van der Waals surface area contributed by atoms with Gasteiger partial charge in [-0.05, 0) is 48.9 Å². The van der Waals surface area contributed by atoms with E-state index in [4.69, 9.17) is 9.47 Å². The van der Waals surface area contributed by atoms with Crippen LogP contribution in [-0.4, -0.2) is 17.5 Å². The van der Waals surface area contributed by atoms with Crippen molar-refractivity contribution in [1.82, 2.24) is 10.3 Å². The second kappa shape index (κ2) is 8.67. The predicted octanol–water partition coefficient (Wildman–Crippen LogP) is 4.20. The maximum absolute atomic E-state index is 12.1. The number of para-hydroxylation sites is 2. The molecular weight excluding hydrogens is 328 g/mol. The molecule has 0 aliphatic heterocycles. The zero-order chi connectivity index (χ0) is 18.2. The van der Waals surface area contributed by atoms with Gasteiger partial charge in [-0.15, -0.1) is 0 Å². The third-order valence-corrected chi connectivity index (χ3v) is 3.65. The van der Waals surface area contributed by atoms with Gasteiger partial charge >= 0.3 is 0 Å². The van der Waals surface area contributed by atoms with Gasteiger partial charge < -0.3 is 14.8 Å². The summed E-state index contributed by atoms with van der Waals surface area (Å²) in [6.07, 6.45) is 3.18. The Morgan fingerprint density at radius 3 is 2.65 bits per heavy atom. The lowest BCUT2D eigenvalue weighted by Gasteiger charge is -2.12. The van der Waals surface area contributed by atoms with Crippen LogP contribution in [0.25, 0.3) is 0 Å². The molecule has 0 bridgehead atoms. The van der Waals surface area contributed by atoms with E-state index in [0.29, 0.717) is 36.0 Å². The standard InChI is InChI=1S/C21H20N2O3/c1-2-25-19-10-3-4-11-20(19)26-18-9-5-7-16(13-18)14-23-21(24)17-8-6-12-22-15-17/h3-13,15H,2,14H2,1H3,(H,23,24). The number of ether oxygens (including phenoxy) is 2. The summed E-state index contributed by atoms with van der Waals surface area (Å²) in [5.41, 5.74) is 1.47. The van der Waals surface area contributed by atoms with Crippen molar-refractivity contribution in [2.45, 2.75) is 13.5 Å². The van der Waals surface area contributed by atoms with Crippen LogP contribution in [0.4, 0.5) is 0 Å². The Morgan fingerprint density at radius 2 is 1.88 bits per heavy atom. The third kappa shape index (κ3) is 4.60. The van der Waals surface area contributed by atoms with Gasteiger partial charge in [0.1, 0.15) is 5.75 Å². The number of carbonyl (C=O) groups is 1. The summed E-state index contributed by atoms with van der Waals surface area (Å²) >= 11 is 0. The van der Waals surface area contributed by atoms with Crippen LogP contribution in [0.3, 0.4) is 0 Å². The number of pyridine rings is 1. The summed E-state index contributed by atoms with van der Waals surface area (Å²) in [5.74, 6) is 1.88. The molecule has 0 saturated carbocycles. The summed E-state index contributed by atoms with van der Waals surface area (Å²) in [4.78, 5) is 16.1. The number of rotatable bonds is 7. The van der Waals surface area contributed by atoms with Gasteiger partial charge in [0, 0.05) is 18.9 Å². The molecule has 0 atom stereocenters. The summed E-state index contributed by atoms with van der Waals surface area (Å²) in [7, 11) is 0. The number of benzene rings is 2. The Bertz CT molecular complexity index is 866. The van der Waals surface area contributed by atoms with E-state index in [0.717, 1.165) is 5.56 Å². The Balaban J connectivity index is 1.66. The number of aromatic nitrogens is 1. The monoisotopic (exact) mass is 348 g/mol. The van der Waals surface area contributed by atoms with Crippen LogP contribution in [0.5, 0.6) is 17.2 Å². The number of hydrogen-bond acceptors (Lipinski definition) is 4. The molecule has 3 aromatic rings. The molecule has 2 aromatic carbocycles. The van der Waals surface area contributed by atoms with Gasteiger partial charge in [-0.2, -0.15) is 0 Å². The minimum Gasteiger partial charge on any atom is -0.490 e. The van der Waals surface area contributed by atoms with E-state index in [2.05, 4.69) is 10.3 Å². The molecule has 1 N–H and O–H groups in total. The number of nitrogens with one attached hydrogen (secondary N) is 1. The van der Waals surface area contributed by atoms with E-state index in [1.165, 1.54) is 0 Å². The van der Waals surface area contributed by atoms with E-state index in [-0.39, 0.29) is 5.91 Å². The zero-order valence-corrected chi connectivity index (χ0v) is 14.5. The van der Waals surface area contributed by atoms with Crippen molar-refractivity contribution in [3.8, 4) is 17.2 Å². The smallest absolute Gasteiger partial charge is 0.253 e. The predicted molar refractivity (Wildman–Crippen MR) is 99.5 cm³/mol. The first-order valence-electron chi connectivity index (χ1n) is 8.43. The molecule has 1 aromatic heterocycles. The van der Waals surface area contributed by atoms with Gasteiger partial charge in [-0.1, -0.05) is 24.3 Å². The molecule has 5 nitrogen and oxygen atoms in total. The Hall–Kier alpha value is -3.34. The van der Waals surface area contributed by atoms with Crippen molar-refractivity contribution in [3.05, 3.63) is 84.2 Å². The second-order valence-corrected chi connectivity index (χ2v) is 5.55. The number of amides is 1. The Labute approximate surface area is 152 Å². The molecule has 132 valence electrons. The van der Waals surface area contributed by atoms with Crippen LogP contribution in [0.1, 0.15) is 22.8 Å². The first-order valence-corrected chi connectivity index (χ1v) is 8.43. The normalized spacial score (nSPS) is 10.2. The van der Waals surface area contributed by atoms with Crippen molar-refractivity contribution in [1.29, 1.82) is 0 Å². The van der Waals surface area contributed by atoms with Crippen LogP contribution in [0.2, 0.25) is 0 Å². The van der Waals surface area contributed by atoms with Crippen molar-refractivity contribution in [2.24, 2.45) is 0 Å². The molecule has 1 heterocycles. The molecule has 3 rings (SSSR count). The van der Waals surface area contributed by atoms with E-state index >= 15 is 0 Å². The van der Waals surface area contributed by atoms with Crippen molar-refractivity contribution < 1.29 is 14.3 Å². The highest BCUT2D eigenvalue weighted by atomic mass is 16.5. The van der Waals surface area contributed by atoms with Gasteiger partial charge in [0.05, 0.1) is 12.2 Å². The highest BCUT2D eigenvalue weighted by Crippen LogP contribution is 2.31. The van der Waals surface area contributed by atoms with Crippen molar-refractivity contribution in [3.63, 3.8) is 0 Å². The number of nitrogens with zero attached hydrogens (tertiary/aromatic N) is 1. The SMILES string of the molecule is CCOc1ccccc1Oc1cccc(CNC(=O)c2cccnc2)c1. The lowest BCUT2D eigenvalue weighted by Crippen LogP contribution is -2.22. The largest absolute Gasteiger partial charge is 0.490 e. The minimum atomic E-state index is -0.161. The van der Waals surface area contributed by atoms with Crippen LogP contribution in [-0.2, 0) is 6.54 Å². The highest BCUT2D eigenvalue weighted by molar-refractivity contribution is 5.93. The van der Waals surface area contributed by atoms with Crippen LogP contribution in [0.15, 0.2) is 73.1 Å². The van der Waals surface area contributed by atoms with E-state index in [1.807, 2.05) is 55.5 Å². The summed E-state index contributed by atoms with van der Waals surface area (Å²) in [5, 5.41) is 2.88. The molecule has 0 spiro atoms. The number of hydrogen-bond donors (Lipinski definition) is 1. The highest BCUT2D eigenvalue weighted by Gasteiger charge is 2.07. The molecule has 26 heavy (non-hydrogen) atoms. The lowest BCUT2D eigenvalue weighted by molar-refractivity contribution is 0.0950. The minimum absolute atomic E-state index is 0.161. The van der Waals surface area contributed by atoms with Crippen LogP contribution < -0.4 is 14.8 Å². The van der Waals surface area contributed by atoms with Gasteiger partial charge in [-0.25, -0.2) is 0 Å². The lowest BCUT2D eigenvalue weighted by atomic mass is 10.2. The van der Waals surface area contributed by atoms with E-state index in [1.54, 1.807) is 24.5 Å². The van der Waals surface area contributed by atoms with E-state index in [9.17, 15) is 4.79 Å². The maximum Gasteiger partial charge on any atom is 0.253 e. The van der Waals surface area contributed by atoms with Crippen molar-refractivity contribution >= 4 is 5.91 Å². The van der Waals surface area contributed by atoms with Gasteiger partial charge in [0.25, 0.3) is 5.91 Å². The average molecular weight is 348 g/mol. The summed E-state index contributed by atoms with van der Waals surface area (Å²) < 4.78 is 11.5. The van der Waals surface area contributed by atoms with Crippen LogP contribution in [0, 0.1) is 0 Å². The molecule has 0 saturated heterocycles. The zero-order valence-electron chi connectivity index (χ0n) is 14.5. The molecule has 0 radical (unpaired) electrons. The fraction of sp³-hybridized carbons (Fsp3) is 0.143. The summed E-state index contributed by atoms with van der Waals surface area (Å²) in [6, 6.07) is 18.6. The van der Waals surface area contributed by atoms with Crippen LogP contribution >= 0.6 is 0 Å². The topological polar surface area (TPSA) is 60.5 Å². The van der Waals surface area contributed by atoms with E-state index < -0.39 is 0 Å². The molecule has 5 heteroatoms. The molecule has 0 fully saturated rings. The molecule has 0 unspecified atom stereocenters. The van der Waals surface area contributed by atoms with Gasteiger partial charge in [0.15, 0.2) is 11.5 Å². The third-order valence-electron chi connectivity index (χ3n) is 3.65. The summed E-state index contributed by atoms with van der Waals surface area (Å²) in [6.45, 7) is 2.90. The number of carbonyl (C=O) groups excluding carboxylic acids is 1. The first-order chi connectivity index (χ1) is 12.8. The molecular formula is C21H20N2O3. The Morgan fingerprint density at radius 1 is 1.04 bits per heavy atom. The quantitative estimate of drug-likeness (QED) is 0.695. The maximum atomic E-state index is 12.1. The average Bonchev–Trinajstić information content (AvgIpc) is 2.69.